The van der Waals surface area contributed by atoms with Gasteiger partial charge >= 0.3 is 5.69 Å². The zero-order chi connectivity index (χ0) is 18.6. The van der Waals surface area contributed by atoms with Crippen molar-refractivity contribution in [2.75, 3.05) is 7.11 Å². The van der Waals surface area contributed by atoms with E-state index in [9.17, 15) is 9.59 Å². The van der Waals surface area contributed by atoms with Gasteiger partial charge in [-0.2, -0.15) is 4.98 Å². The molecule has 0 bridgehead atoms. The molecule has 0 aliphatic carbocycles. The van der Waals surface area contributed by atoms with Gasteiger partial charge in [-0.15, -0.1) is 0 Å². The molecular formula is C18H19N5O3. The van der Waals surface area contributed by atoms with Crippen molar-refractivity contribution < 1.29 is 4.74 Å². The van der Waals surface area contributed by atoms with Crippen LogP contribution in [-0.4, -0.2) is 30.2 Å². The topological polar surface area (TPSA) is 75.5 Å². The third-order valence-electron chi connectivity index (χ3n) is 4.76. The van der Waals surface area contributed by atoms with E-state index >= 15 is 0 Å². The van der Waals surface area contributed by atoms with Crippen LogP contribution in [-0.2, 0) is 20.6 Å². The Bertz CT molecular complexity index is 1250. The maximum absolute atomic E-state index is 12.6. The van der Waals surface area contributed by atoms with Crippen LogP contribution in [0, 0.1) is 6.92 Å². The van der Waals surface area contributed by atoms with Gasteiger partial charge in [-0.1, -0.05) is 12.1 Å². The number of ether oxygens (including phenoxy) is 1. The van der Waals surface area contributed by atoms with Gasteiger partial charge in [0.2, 0.25) is 5.78 Å². The Balaban J connectivity index is 1.94. The van der Waals surface area contributed by atoms with Crippen LogP contribution < -0.4 is 16.0 Å². The lowest BCUT2D eigenvalue weighted by Gasteiger charge is -2.07. The molecule has 0 aliphatic heterocycles. The van der Waals surface area contributed by atoms with Crippen molar-refractivity contribution in [3.63, 3.8) is 0 Å². The lowest BCUT2D eigenvalue weighted by atomic mass is 10.2. The van der Waals surface area contributed by atoms with Gasteiger partial charge in [0.25, 0.3) is 5.56 Å². The molecule has 4 aromatic rings. The number of nitrogens with zero attached hydrogens (tertiary/aromatic N) is 5. The Morgan fingerprint density at radius 2 is 1.77 bits per heavy atom. The molecular weight excluding hydrogens is 334 g/mol. The second-order valence-corrected chi connectivity index (χ2v) is 6.36. The lowest BCUT2D eigenvalue weighted by molar-refractivity contribution is 0.414. The molecule has 0 radical (unpaired) electrons. The van der Waals surface area contributed by atoms with Gasteiger partial charge in [0, 0.05) is 26.0 Å². The van der Waals surface area contributed by atoms with Gasteiger partial charge in [0.1, 0.15) is 5.75 Å². The van der Waals surface area contributed by atoms with Crippen molar-refractivity contribution in [2.45, 2.75) is 13.5 Å². The molecule has 0 fully saturated rings. The van der Waals surface area contributed by atoms with Gasteiger partial charge in [0.05, 0.1) is 13.7 Å². The van der Waals surface area contributed by atoms with E-state index in [-0.39, 0.29) is 11.2 Å². The molecule has 8 nitrogen and oxygen atoms in total. The number of imidazole rings is 2. The summed E-state index contributed by atoms with van der Waals surface area (Å²) < 4.78 is 11.5. The molecule has 0 unspecified atom stereocenters. The highest BCUT2D eigenvalue weighted by molar-refractivity contribution is 5.75. The van der Waals surface area contributed by atoms with Crippen LogP contribution in [0.5, 0.6) is 5.75 Å². The van der Waals surface area contributed by atoms with Gasteiger partial charge in [-0.05, 0) is 24.6 Å². The van der Waals surface area contributed by atoms with E-state index in [4.69, 9.17) is 4.74 Å². The van der Waals surface area contributed by atoms with Gasteiger partial charge in [-0.25, -0.2) is 4.79 Å². The first-order chi connectivity index (χ1) is 12.4. The standard InChI is InChI=1S/C18H19N5O3/c1-11-9-23-14-15(20(2)18(25)21(3)16(14)24)19-17(23)22(11)10-12-5-7-13(26-4)8-6-12/h5-9H,10H2,1-4H3. The summed E-state index contributed by atoms with van der Waals surface area (Å²) in [5.74, 6) is 1.43. The Labute approximate surface area is 148 Å². The molecule has 0 atom stereocenters. The normalized spacial score (nSPS) is 11.5. The quantitative estimate of drug-likeness (QED) is 0.552. The number of rotatable bonds is 3. The molecule has 0 aliphatic rings. The summed E-state index contributed by atoms with van der Waals surface area (Å²) in [7, 11) is 4.73. The fourth-order valence-electron chi connectivity index (χ4n) is 3.24. The van der Waals surface area contributed by atoms with Crippen molar-refractivity contribution in [1.29, 1.82) is 0 Å². The molecule has 0 saturated carbocycles. The van der Waals surface area contributed by atoms with Crippen LogP contribution in [0.2, 0.25) is 0 Å². The maximum Gasteiger partial charge on any atom is 0.332 e. The van der Waals surface area contributed by atoms with Gasteiger partial charge < -0.3 is 9.30 Å². The summed E-state index contributed by atoms with van der Waals surface area (Å²) in [5, 5.41) is 0. The van der Waals surface area contributed by atoms with Crippen molar-refractivity contribution in [3.05, 3.63) is 62.6 Å². The van der Waals surface area contributed by atoms with Crippen molar-refractivity contribution in [1.82, 2.24) is 23.1 Å². The number of benzene rings is 1. The highest BCUT2D eigenvalue weighted by Gasteiger charge is 2.19. The summed E-state index contributed by atoms with van der Waals surface area (Å²) in [6, 6.07) is 7.80. The van der Waals surface area contributed by atoms with Crippen molar-refractivity contribution in [2.24, 2.45) is 14.1 Å². The number of hydrogen-bond acceptors (Lipinski definition) is 4. The molecule has 3 aromatic heterocycles. The lowest BCUT2D eigenvalue weighted by Crippen LogP contribution is -2.37. The smallest absolute Gasteiger partial charge is 0.332 e. The largest absolute Gasteiger partial charge is 0.497 e. The summed E-state index contributed by atoms with van der Waals surface area (Å²) >= 11 is 0. The van der Waals surface area contributed by atoms with E-state index in [1.807, 2.05) is 42.0 Å². The van der Waals surface area contributed by atoms with E-state index in [1.54, 1.807) is 18.6 Å². The first kappa shape index (κ1) is 16.2. The summed E-state index contributed by atoms with van der Waals surface area (Å²) in [4.78, 5) is 29.3. The summed E-state index contributed by atoms with van der Waals surface area (Å²) in [5.41, 5.74) is 2.11. The predicted octanol–water partition coefficient (Wildman–Crippen LogP) is 1.05. The van der Waals surface area contributed by atoms with E-state index in [1.165, 1.54) is 11.6 Å². The maximum atomic E-state index is 12.6. The SMILES string of the molecule is COc1ccc(Cn2c(C)cn3c4c(=O)n(C)c(=O)n(C)c4nc23)cc1. The highest BCUT2D eigenvalue weighted by atomic mass is 16.5. The highest BCUT2D eigenvalue weighted by Crippen LogP contribution is 2.19. The van der Waals surface area contributed by atoms with Crippen molar-refractivity contribution in [3.8, 4) is 5.75 Å². The molecule has 134 valence electrons. The molecule has 0 saturated heterocycles. The van der Waals surface area contributed by atoms with Crippen LogP contribution in [0.15, 0.2) is 40.1 Å². The molecule has 4 rings (SSSR count). The number of aromatic nitrogens is 5. The van der Waals surface area contributed by atoms with E-state index in [2.05, 4.69) is 4.98 Å². The van der Waals surface area contributed by atoms with Crippen LogP contribution >= 0.6 is 0 Å². The minimum absolute atomic E-state index is 0.350. The zero-order valence-electron chi connectivity index (χ0n) is 15.1. The fourth-order valence-corrected chi connectivity index (χ4v) is 3.24. The number of aryl methyl sites for hydroxylation is 2. The second kappa shape index (κ2) is 5.62. The number of fused-ring (bicyclic) bond motifs is 3. The first-order valence-corrected chi connectivity index (χ1v) is 8.19. The van der Waals surface area contributed by atoms with E-state index in [0.29, 0.717) is 23.5 Å². The Kier molecular flexibility index (Phi) is 3.50. The zero-order valence-corrected chi connectivity index (χ0v) is 15.1. The monoisotopic (exact) mass is 353 g/mol. The van der Waals surface area contributed by atoms with Crippen molar-refractivity contribution >= 4 is 16.9 Å². The Morgan fingerprint density at radius 3 is 2.42 bits per heavy atom. The average Bonchev–Trinajstić information content (AvgIpc) is 3.15. The third kappa shape index (κ3) is 2.18. The van der Waals surface area contributed by atoms with Gasteiger partial charge in [0.15, 0.2) is 11.2 Å². The van der Waals surface area contributed by atoms with Crippen LogP contribution in [0.3, 0.4) is 0 Å². The first-order valence-electron chi connectivity index (χ1n) is 8.19. The molecule has 26 heavy (non-hydrogen) atoms. The molecule has 0 amide bonds. The van der Waals surface area contributed by atoms with Gasteiger partial charge in [-0.3, -0.25) is 18.3 Å². The minimum atomic E-state index is -0.387. The van der Waals surface area contributed by atoms with E-state index < -0.39 is 0 Å². The predicted molar refractivity (Wildman–Crippen MR) is 98.0 cm³/mol. The minimum Gasteiger partial charge on any atom is -0.497 e. The summed E-state index contributed by atoms with van der Waals surface area (Å²) in [6.45, 7) is 2.57. The molecule has 8 heteroatoms. The summed E-state index contributed by atoms with van der Waals surface area (Å²) in [6.07, 6.45) is 1.88. The second-order valence-electron chi connectivity index (χ2n) is 6.36. The Hall–Kier alpha value is -3.29. The number of methoxy groups -OCH3 is 1. The molecule has 1 aromatic carbocycles. The van der Waals surface area contributed by atoms with Crippen LogP contribution in [0.25, 0.3) is 16.9 Å². The number of hydrogen-bond donors (Lipinski definition) is 0. The molecule has 0 spiro atoms. The van der Waals surface area contributed by atoms with E-state index in [0.717, 1.165) is 21.6 Å². The van der Waals surface area contributed by atoms with Crippen LogP contribution in [0.1, 0.15) is 11.3 Å². The third-order valence-corrected chi connectivity index (χ3v) is 4.76. The molecule has 3 heterocycles. The Morgan fingerprint density at radius 1 is 1.08 bits per heavy atom. The average molecular weight is 353 g/mol. The van der Waals surface area contributed by atoms with Crippen LogP contribution in [0.4, 0.5) is 0 Å². The molecule has 0 N–H and O–H groups in total. The fraction of sp³-hybridized carbons (Fsp3) is 0.278.